The fourth-order valence-corrected chi connectivity index (χ4v) is 1.39. The minimum absolute atomic E-state index is 0.265. The summed E-state index contributed by atoms with van der Waals surface area (Å²) >= 11 is 0. The third-order valence-electron chi connectivity index (χ3n) is 2.36. The molecule has 1 aromatic carbocycles. The second-order valence-corrected chi connectivity index (χ2v) is 3.85. The Morgan fingerprint density at radius 2 is 2.17 bits per heavy atom. The molecule has 1 rings (SSSR count). The molecule has 0 radical (unpaired) electrons. The number of nitrogens with one attached hydrogen (secondary N) is 1. The lowest BCUT2D eigenvalue weighted by molar-refractivity contribution is 0.295. The normalized spacial score (nSPS) is 11.9. The van der Waals surface area contributed by atoms with E-state index >= 15 is 0 Å². The van der Waals surface area contributed by atoms with Gasteiger partial charge in [-0.25, -0.2) is 8.78 Å². The molecule has 0 saturated carbocycles. The zero-order valence-electron chi connectivity index (χ0n) is 10.2. The maximum absolute atomic E-state index is 12.9. The van der Waals surface area contributed by atoms with Gasteiger partial charge in [-0.1, -0.05) is 6.92 Å². The lowest BCUT2D eigenvalue weighted by Gasteiger charge is -2.11. The molecular formula is C13H16F2N2O. The first-order valence-corrected chi connectivity index (χ1v) is 5.88. The lowest BCUT2D eigenvalue weighted by atomic mass is 10.2. The molecule has 18 heavy (non-hydrogen) atoms. The molecule has 0 aliphatic carbocycles. The molecule has 1 unspecified atom stereocenters. The van der Waals surface area contributed by atoms with E-state index in [4.69, 9.17) is 10.00 Å². The fourth-order valence-electron chi connectivity index (χ4n) is 1.39. The summed E-state index contributed by atoms with van der Waals surface area (Å²) in [5.41, 5.74) is 0. The molecule has 0 aliphatic rings. The Labute approximate surface area is 105 Å². The Balaban J connectivity index is 2.36. The highest BCUT2D eigenvalue weighted by molar-refractivity contribution is 5.23. The third kappa shape index (κ3) is 4.68. The topological polar surface area (TPSA) is 45.0 Å². The second kappa shape index (κ2) is 7.62. The number of nitrogens with zero attached hydrogens (tertiary/aromatic N) is 1. The van der Waals surface area contributed by atoms with Crippen molar-refractivity contribution in [2.24, 2.45) is 0 Å². The Hall–Kier alpha value is -1.67. The molecule has 1 atom stereocenters. The maximum Gasteiger partial charge on any atom is 0.162 e. The van der Waals surface area contributed by atoms with Crippen LogP contribution in [0.25, 0.3) is 0 Å². The van der Waals surface area contributed by atoms with Crippen LogP contribution in [0.5, 0.6) is 5.75 Å². The average molecular weight is 254 g/mol. The van der Waals surface area contributed by atoms with Crippen molar-refractivity contribution in [3.05, 3.63) is 29.8 Å². The van der Waals surface area contributed by atoms with Crippen molar-refractivity contribution in [3.63, 3.8) is 0 Å². The van der Waals surface area contributed by atoms with Crippen LogP contribution >= 0.6 is 0 Å². The average Bonchev–Trinajstić information content (AvgIpc) is 2.37. The number of nitriles is 1. The van der Waals surface area contributed by atoms with Gasteiger partial charge >= 0.3 is 0 Å². The van der Waals surface area contributed by atoms with E-state index in [1.54, 1.807) is 0 Å². The van der Waals surface area contributed by atoms with E-state index in [0.717, 1.165) is 25.1 Å². The summed E-state index contributed by atoms with van der Waals surface area (Å²) in [4.78, 5) is 0. The van der Waals surface area contributed by atoms with Gasteiger partial charge in [-0.2, -0.15) is 5.26 Å². The molecule has 5 heteroatoms. The molecule has 0 heterocycles. The summed E-state index contributed by atoms with van der Waals surface area (Å²) in [7, 11) is 0. The number of hydrogen-bond donors (Lipinski definition) is 1. The SMILES string of the molecule is CCCNC(C#N)CCOc1ccc(F)c(F)c1. The smallest absolute Gasteiger partial charge is 0.162 e. The predicted molar refractivity (Wildman–Crippen MR) is 64.2 cm³/mol. The molecule has 98 valence electrons. The van der Waals surface area contributed by atoms with Gasteiger partial charge in [0.05, 0.1) is 18.7 Å². The van der Waals surface area contributed by atoms with Crippen molar-refractivity contribution in [3.8, 4) is 11.8 Å². The number of benzene rings is 1. The van der Waals surface area contributed by atoms with E-state index in [1.165, 1.54) is 6.07 Å². The first kappa shape index (κ1) is 14.4. The molecule has 0 aromatic heterocycles. The summed E-state index contributed by atoms with van der Waals surface area (Å²) in [5, 5.41) is 11.9. The van der Waals surface area contributed by atoms with E-state index in [9.17, 15) is 8.78 Å². The van der Waals surface area contributed by atoms with Gasteiger partial charge in [0.25, 0.3) is 0 Å². The van der Waals surface area contributed by atoms with Crippen LogP contribution in [0.1, 0.15) is 19.8 Å². The number of hydrogen-bond acceptors (Lipinski definition) is 3. The highest BCUT2D eigenvalue weighted by Crippen LogP contribution is 2.15. The van der Waals surface area contributed by atoms with Gasteiger partial charge in [0.2, 0.25) is 0 Å². The van der Waals surface area contributed by atoms with E-state index in [1.807, 2.05) is 6.92 Å². The molecule has 0 spiro atoms. The minimum Gasteiger partial charge on any atom is -0.493 e. The zero-order chi connectivity index (χ0) is 13.4. The van der Waals surface area contributed by atoms with Crippen LogP contribution < -0.4 is 10.1 Å². The van der Waals surface area contributed by atoms with Gasteiger partial charge in [-0.15, -0.1) is 0 Å². The van der Waals surface area contributed by atoms with E-state index in [2.05, 4.69) is 11.4 Å². The predicted octanol–water partition coefficient (Wildman–Crippen LogP) is 2.63. The van der Waals surface area contributed by atoms with Gasteiger partial charge in [-0.05, 0) is 25.1 Å². The van der Waals surface area contributed by atoms with E-state index < -0.39 is 11.6 Å². The van der Waals surface area contributed by atoms with Crippen LogP contribution in [0.15, 0.2) is 18.2 Å². The molecule has 0 amide bonds. The van der Waals surface area contributed by atoms with Gasteiger partial charge in [-0.3, -0.25) is 0 Å². The van der Waals surface area contributed by atoms with Crippen LogP contribution in [0.3, 0.4) is 0 Å². The van der Waals surface area contributed by atoms with Crippen LogP contribution in [-0.4, -0.2) is 19.2 Å². The zero-order valence-corrected chi connectivity index (χ0v) is 10.2. The minimum atomic E-state index is -0.937. The maximum atomic E-state index is 12.9. The first-order valence-electron chi connectivity index (χ1n) is 5.88. The number of rotatable bonds is 7. The quantitative estimate of drug-likeness (QED) is 0.813. The van der Waals surface area contributed by atoms with Gasteiger partial charge in [0, 0.05) is 12.5 Å². The molecule has 1 N–H and O–H groups in total. The largest absolute Gasteiger partial charge is 0.493 e. The second-order valence-electron chi connectivity index (χ2n) is 3.85. The van der Waals surface area contributed by atoms with Gasteiger partial charge in [0.1, 0.15) is 5.75 Å². The van der Waals surface area contributed by atoms with E-state index in [-0.39, 0.29) is 18.4 Å². The summed E-state index contributed by atoms with van der Waals surface area (Å²) in [6.45, 7) is 3.06. The van der Waals surface area contributed by atoms with Crippen molar-refractivity contribution in [1.82, 2.24) is 5.32 Å². The van der Waals surface area contributed by atoms with Gasteiger partial charge in [0.15, 0.2) is 11.6 Å². The standard InChI is InChI=1S/C13H16F2N2O/c1-2-6-17-10(9-16)5-7-18-11-3-4-12(14)13(15)8-11/h3-4,8,10,17H,2,5-7H2,1H3. The Bertz CT molecular complexity index is 418. The Morgan fingerprint density at radius 3 is 2.78 bits per heavy atom. The van der Waals surface area contributed by atoms with Crippen LogP contribution in [0.4, 0.5) is 8.78 Å². The van der Waals surface area contributed by atoms with Crippen molar-refractivity contribution < 1.29 is 13.5 Å². The number of ether oxygens (including phenoxy) is 1. The Kier molecular flexibility index (Phi) is 6.09. The summed E-state index contributed by atoms with van der Waals surface area (Å²) in [6, 6.07) is 5.21. The molecule has 0 saturated heterocycles. The Morgan fingerprint density at radius 1 is 1.39 bits per heavy atom. The first-order chi connectivity index (χ1) is 8.67. The molecule has 1 aromatic rings. The number of halogens is 2. The summed E-state index contributed by atoms with van der Waals surface area (Å²) in [5.74, 6) is -1.57. The lowest BCUT2D eigenvalue weighted by Crippen LogP contribution is -2.29. The molecule has 0 fully saturated rings. The molecular weight excluding hydrogens is 238 g/mol. The van der Waals surface area contributed by atoms with Crippen molar-refractivity contribution in [1.29, 1.82) is 5.26 Å². The highest BCUT2D eigenvalue weighted by Gasteiger charge is 2.07. The van der Waals surface area contributed by atoms with Gasteiger partial charge < -0.3 is 10.1 Å². The van der Waals surface area contributed by atoms with Crippen molar-refractivity contribution in [2.45, 2.75) is 25.8 Å². The summed E-state index contributed by atoms with van der Waals surface area (Å²) < 4.78 is 30.8. The van der Waals surface area contributed by atoms with Crippen molar-refractivity contribution >= 4 is 0 Å². The molecule has 3 nitrogen and oxygen atoms in total. The highest BCUT2D eigenvalue weighted by atomic mass is 19.2. The monoisotopic (exact) mass is 254 g/mol. The van der Waals surface area contributed by atoms with E-state index in [0.29, 0.717) is 6.42 Å². The van der Waals surface area contributed by atoms with Crippen LogP contribution in [-0.2, 0) is 0 Å². The van der Waals surface area contributed by atoms with Crippen LogP contribution in [0.2, 0.25) is 0 Å². The summed E-state index contributed by atoms with van der Waals surface area (Å²) in [6.07, 6.45) is 1.44. The molecule has 0 aliphatic heterocycles. The third-order valence-corrected chi connectivity index (χ3v) is 2.36. The van der Waals surface area contributed by atoms with Crippen LogP contribution in [0, 0.1) is 23.0 Å². The van der Waals surface area contributed by atoms with Crippen molar-refractivity contribution in [2.75, 3.05) is 13.2 Å². The molecule has 0 bridgehead atoms. The fraction of sp³-hybridized carbons (Fsp3) is 0.462.